The molecule has 2 aliphatic heterocycles. The van der Waals surface area contributed by atoms with Crippen molar-refractivity contribution in [2.45, 2.75) is 26.3 Å². The van der Waals surface area contributed by atoms with Crippen molar-refractivity contribution in [2.24, 2.45) is 5.92 Å². The number of carbonyl (C=O) groups is 2. The summed E-state index contributed by atoms with van der Waals surface area (Å²) in [6, 6.07) is 4.94. The molecule has 0 bridgehead atoms. The van der Waals surface area contributed by atoms with Gasteiger partial charge in [0.25, 0.3) is 0 Å². The molecule has 0 spiro atoms. The van der Waals surface area contributed by atoms with Crippen molar-refractivity contribution < 1.29 is 23.6 Å². The van der Waals surface area contributed by atoms with E-state index < -0.39 is 12.0 Å². The van der Waals surface area contributed by atoms with E-state index in [1.807, 2.05) is 0 Å². The molecule has 142 valence electrons. The minimum absolute atomic E-state index is 0.104. The van der Waals surface area contributed by atoms with Gasteiger partial charge >= 0.3 is 0 Å². The Hall–Kier alpha value is -3.10. The van der Waals surface area contributed by atoms with Gasteiger partial charge in [0.1, 0.15) is 19.3 Å². The van der Waals surface area contributed by atoms with Gasteiger partial charge in [-0.3, -0.25) is 9.59 Å². The maximum Gasteiger partial charge on any atom is 0.248 e. The van der Waals surface area contributed by atoms with E-state index in [-0.39, 0.29) is 18.2 Å². The number of amides is 2. The Morgan fingerprint density at radius 2 is 2.07 bits per heavy atom. The van der Waals surface area contributed by atoms with E-state index >= 15 is 0 Å². The van der Waals surface area contributed by atoms with E-state index in [0.717, 1.165) is 0 Å². The van der Waals surface area contributed by atoms with Crippen molar-refractivity contribution in [3.8, 4) is 11.5 Å². The molecule has 9 heteroatoms. The number of hydrogen-bond acceptors (Lipinski definition) is 7. The zero-order chi connectivity index (χ0) is 19.0. The first-order valence-corrected chi connectivity index (χ1v) is 8.82. The van der Waals surface area contributed by atoms with Crippen LogP contribution >= 0.6 is 0 Å². The SMILES string of the molecule is Cc1noc(C(C)NC(=O)C2CC(=O)N(c3ccc4c(c3)OCCO4)C2)n1. The average Bonchev–Trinajstić information content (AvgIpc) is 3.27. The smallest absolute Gasteiger partial charge is 0.248 e. The molecule has 2 aromatic rings. The van der Waals surface area contributed by atoms with Crippen LogP contribution in [0.1, 0.15) is 31.1 Å². The van der Waals surface area contributed by atoms with Crippen LogP contribution in [0.2, 0.25) is 0 Å². The van der Waals surface area contributed by atoms with E-state index in [0.29, 0.717) is 48.7 Å². The molecule has 1 fully saturated rings. The predicted molar refractivity (Wildman–Crippen MR) is 93.5 cm³/mol. The molecule has 2 atom stereocenters. The van der Waals surface area contributed by atoms with Gasteiger partial charge in [0.15, 0.2) is 17.3 Å². The molecule has 1 aromatic heterocycles. The molecular weight excluding hydrogens is 352 g/mol. The third-order valence-electron chi connectivity index (χ3n) is 4.61. The van der Waals surface area contributed by atoms with Crippen LogP contribution < -0.4 is 19.7 Å². The lowest BCUT2D eigenvalue weighted by molar-refractivity contribution is -0.127. The number of benzene rings is 1. The highest BCUT2D eigenvalue weighted by atomic mass is 16.6. The van der Waals surface area contributed by atoms with Crippen LogP contribution in [0.4, 0.5) is 5.69 Å². The van der Waals surface area contributed by atoms with Gasteiger partial charge < -0.3 is 24.2 Å². The zero-order valence-electron chi connectivity index (χ0n) is 15.1. The van der Waals surface area contributed by atoms with Gasteiger partial charge in [-0.25, -0.2) is 0 Å². The molecule has 2 amide bonds. The second-order valence-corrected chi connectivity index (χ2v) is 6.64. The number of hydrogen-bond donors (Lipinski definition) is 1. The van der Waals surface area contributed by atoms with E-state index in [9.17, 15) is 9.59 Å². The van der Waals surface area contributed by atoms with E-state index in [4.69, 9.17) is 14.0 Å². The molecule has 2 unspecified atom stereocenters. The molecule has 3 heterocycles. The molecule has 1 saturated heterocycles. The number of rotatable bonds is 4. The number of carbonyl (C=O) groups excluding carboxylic acids is 2. The molecule has 4 rings (SSSR count). The monoisotopic (exact) mass is 372 g/mol. The van der Waals surface area contributed by atoms with Crippen LogP contribution in [0.25, 0.3) is 0 Å². The maximum absolute atomic E-state index is 12.6. The number of fused-ring (bicyclic) bond motifs is 1. The Morgan fingerprint density at radius 1 is 1.30 bits per heavy atom. The summed E-state index contributed by atoms with van der Waals surface area (Å²) in [7, 11) is 0. The Balaban J connectivity index is 1.43. The van der Waals surface area contributed by atoms with Crippen LogP contribution in [0, 0.1) is 12.8 Å². The summed E-state index contributed by atoms with van der Waals surface area (Å²) in [5.74, 6) is 1.35. The normalized spacial score (nSPS) is 19.9. The fourth-order valence-electron chi connectivity index (χ4n) is 3.21. The number of nitrogens with one attached hydrogen (secondary N) is 1. The lowest BCUT2D eigenvalue weighted by Crippen LogP contribution is -2.34. The predicted octanol–water partition coefficient (Wildman–Crippen LogP) is 1.38. The molecule has 27 heavy (non-hydrogen) atoms. The van der Waals surface area contributed by atoms with Gasteiger partial charge in [0.2, 0.25) is 17.7 Å². The minimum atomic E-state index is -0.447. The van der Waals surface area contributed by atoms with Crippen molar-refractivity contribution in [1.82, 2.24) is 15.5 Å². The van der Waals surface area contributed by atoms with Crippen molar-refractivity contribution in [2.75, 3.05) is 24.7 Å². The first-order valence-electron chi connectivity index (χ1n) is 8.82. The minimum Gasteiger partial charge on any atom is -0.486 e. The highest BCUT2D eigenvalue weighted by molar-refractivity contribution is 6.00. The number of ether oxygens (including phenoxy) is 2. The van der Waals surface area contributed by atoms with Gasteiger partial charge in [-0.15, -0.1) is 0 Å². The molecule has 0 aliphatic carbocycles. The number of nitrogens with zero attached hydrogens (tertiary/aromatic N) is 3. The fraction of sp³-hybridized carbons (Fsp3) is 0.444. The van der Waals surface area contributed by atoms with E-state index in [1.165, 1.54) is 0 Å². The Kier molecular flexibility index (Phi) is 4.43. The summed E-state index contributed by atoms with van der Waals surface area (Å²) in [5, 5.41) is 6.55. The molecule has 0 saturated carbocycles. The lowest BCUT2D eigenvalue weighted by atomic mass is 10.1. The summed E-state index contributed by atoms with van der Waals surface area (Å²) < 4.78 is 16.1. The van der Waals surface area contributed by atoms with Crippen LogP contribution in [0.15, 0.2) is 22.7 Å². The molecular formula is C18H20N4O5. The zero-order valence-corrected chi connectivity index (χ0v) is 15.1. The average molecular weight is 372 g/mol. The lowest BCUT2D eigenvalue weighted by Gasteiger charge is -2.22. The van der Waals surface area contributed by atoms with Gasteiger partial charge in [-0.1, -0.05) is 5.16 Å². The summed E-state index contributed by atoms with van der Waals surface area (Å²) in [6.45, 7) is 4.76. The second kappa shape index (κ2) is 6.90. The van der Waals surface area contributed by atoms with Crippen LogP contribution in [-0.4, -0.2) is 41.7 Å². The largest absolute Gasteiger partial charge is 0.486 e. The van der Waals surface area contributed by atoms with Crippen molar-refractivity contribution in [1.29, 1.82) is 0 Å². The van der Waals surface area contributed by atoms with Crippen LogP contribution in [0.5, 0.6) is 11.5 Å². The van der Waals surface area contributed by atoms with Crippen LogP contribution in [-0.2, 0) is 9.59 Å². The summed E-state index contributed by atoms with van der Waals surface area (Å²) >= 11 is 0. The van der Waals surface area contributed by atoms with Crippen LogP contribution in [0.3, 0.4) is 0 Å². The summed E-state index contributed by atoms with van der Waals surface area (Å²) in [5.41, 5.74) is 0.695. The van der Waals surface area contributed by atoms with Gasteiger partial charge in [0.05, 0.1) is 5.92 Å². The summed E-state index contributed by atoms with van der Waals surface area (Å²) in [6.07, 6.45) is 0.149. The quantitative estimate of drug-likeness (QED) is 0.864. The first-order chi connectivity index (χ1) is 13.0. The third kappa shape index (κ3) is 3.44. The third-order valence-corrected chi connectivity index (χ3v) is 4.61. The molecule has 0 radical (unpaired) electrons. The first kappa shape index (κ1) is 17.3. The topological polar surface area (TPSA) is 107 Å². The number of anilines is 1. The van der Waals surface area contributed by atoms with E-state index in [2.05, 4.69) is 15.5 Å². The number of aromatic nitrogens is 2. The van der Waals surface area contributed by atoms with Gasteiger partial charge in [-0.2, -0.15) is 4.98 Å². The van der Waals surface area contributed by atoms with E-state index in [1.54, 1.807) is 36.9 Å². The summed E-state index contributed by atoms with van der Waals surface area (Å²) in [4.78, 5) is 30.7. The van der Waals surface area contributed by atoms with Gasteiger partial charge in [-0.05, 0) is 26.0 Å². The van der Waals surface area contributed by atoms with Gasteiger partial charge in [0, 0.05) is 24.7 Å². The molecule has 2 aliphatic rings. The van der Waals surface area contributed by atoms with Crippen molar-refractivity contribution in [3.63, 3.8) is 0 Å². The molecule has 1 N–H and O–H groups in total. The maximum atomic E-state index is 12.6. The molecule has 9 nitrogen and oxygen atoms in total. The molecule has 1 aromatic carbocycles. The Bertz CT molecular complexity index is 880. The Morgan fingerprint density at radius 3 is 2.81 bits per heavy atom. The van der Waals surface area contributed by atoms with Crippen molar-refractivity contribution >= 4 is 17.5 Å². The highest BCUT2D eigenvalue weighted by Gasteiger charge is 2.36. The Labute approximate surface area is 155 Å². The number of aryl methyl sites for hydroxylation is 1. The highest BCUT2D eigenvalue weighted by Crippen LogP contribution is 2.36. The second-order valence-electron chi connectivity index (χ2n) is 6.64. The van der Waals surface area contributed by atoms with Crippen molar-refractivity contribution in [3.05, 3.63) is 29.9 Å². The standard InChI is InChI=1S/C18H20N4O5/c1-10(18-20-11(2)21-27-18)19-17(24)12-7-16(23)22(9-12)13-3-4-14-15(8-13)26-6-5-25-14/h3-4,8,10,12H,5-7,9H2,1-2H3,(H,19,24). The fourth-order valence-corrected chi connectivity index (χ4v) is 3.21.